The highest BCUT2D eigenvalue weighted by molar-refractivity contribution is 5.98. The van der Waals surface area contributed by atoms with E-state index in [9.17, 15) is 9.59 Å². The number of rotatable bonds is 2. The van der Waals surface area contributed by atoms with Gasteiger partial charge < -0.3 is 10.2 Å². The van der Waals surface area contributed by atoms with Crippen LogP contribution in [0, 0.1) is 5.92 Å². The van der Waals surface area contributed by atoms with Gasteiger partial charge >= 0.3 is 0 Å². The molecule has 2 amide bonds. The molecule has 1 spiro atoms. The van der Waals surface area contributed by atoms with E-state index in [0.29, 0.717) is 12.5 Å². The summed E-state index contributed by atoms with van der Waals surface area (Å²) in [4.78, 5) is 26.1. The van der Waals surface area contributed by atoms with Crippen molar-refractivity contribution in [3.05, 3.63) is 0 Å². The molecule has 0 aromatic carbocycles. The first-order chi connectivity index (χ1) is 8.06. The molecule has 2 aliphatic rings. The fourth-order valence-electron chi connectivity index (χ4n) is 3.05. The molecule has 1 N–H and O–H groups in total. The summed E-state index contributed by atoms with van der Waals surface area (Å²) in [5, 5.41) is 2.77. The second-order valence-electron chi connectivity index (χ2n) is 5.67. The molecule has 17 heavy (non-hydrogen) atoms. The van der Waals surface area contributed by atoms with Gasteiger partial charge in [0, 0.05) is 6.54 Å². The Bertz CT molecular complexity index is 319. The van der Waals surface area contributed by atoms with Crippen LogP contribution in [-0.2, 0) is 9.59 Å². The van der Waals surface area contributed by atoms with Crippen LogP contribution in [0.25, 0.3) is 0 Å². The third-order valence-electron chi connectivity index (χ3n) is 3.87. The van der Waals surface area contributed by atoms with Crippen molar-refractivity contribution >= 4 is 11.8 Å². The number of carbonyl (C=O) groups is 2. The quantitative estimate of drug-likeness (QED) is 0.788. The lowest BCUT2D eigenvalue weighted by atomic mass is 9.78. The molecular weight excluding hydrogens is 216 g/mol. The lowest BCUT2D eigenvalue weighted by Gasteiger charge is -2.48. The van der Waals surface area contributed by atoms with Crippen LogP contribution in [0.1, 0.15) is 46.0 Å². The van der Waals surface area contributed by atoms with E-state index in [1.807, 2.05) is 4.90 Å². The highest BCUT2D eigenvalue weighted by atomic mass is 16.2. The van der Waals surface area contributed by atoms with Crippen LogP contribution < -0.4 is 5.32 Å². The van der Waals surface area contributed by atoms with E-state index in [4.69, 9.17) is 0 Å². The first kappa shape index (κ1) is 12.4. The third kappa shape index (κ3) is 2.17. The number of amides is 2. The average Bonchev–Trinajstić information content (AvgIpc) is 2.31. The maximum atomic E-state index is 12.2. The van der Waals surface area contributed by atoms with Gasteiger partial charge in [-0.15, -0.1) is 0 Å². The fourth-order valence-corrected chi connectivity index (χ4v) is 3.05. The van der Waals surface area contributed by atoms with Crippen LogP contribution in [0.2, 0.25) is 0 Å². The molecule has 96 valence electrons. The van der Waals surface area contributed by atoms with Crippen molar-refractivity contribution in [1.29, 1.82) is 0 Å². The summed E-state index contributed by atoms with van der Waals surface area (Å²) in [6, 6.07) is 0. The van der Waals surface area contributed by atoms with E-state index in [0.717, 1.165) is 25.7 Å². The van der Waals surface area contributed by atoms with Crippen molar-refractivity contribution in [2.45, 2.75) is 51.5 Å². The topological polar surface area (TPSA) is 49.4 Å². The lowest BCUT2D eigenvalue weighted by Crippen LogP contribution is -2.68. The molecule has 2 rings (SSSR count). The van der Waals surface area contributed by atoms with E-state index in [2.05, 4.69) is 19.2 Å². The molecule has 0 atom stereocenters. The van der Waals surface area contributed by atoms with Crippen LogP contribution >= 0.6 is 0 Å². The van der Waals surface area contributed by atoms with Gasteiger partial charge in [-0.05, 0) is 18.8 Å². The Balaban J connectivity index is 2.26. The summed E-state index contributed by atoms with van der Waals surface area (Å²) in [6.45, 7) is 5.06. The van der Waals surface area contributed by atoms with Crippen LogP contribution in [0.5, 0.6) is 0 Å². The predicted molar refractivity (Wildman–Crippen MR) is 65.4 cm³/mol. The van der Waals surface area contributed by atoms with Crippen molar-refractivity contribution in [2.75, 3.05) is 13.1 Å². The van der Waals surface area contributed by atoms with E-state index in [-0.39, 0.29) is 18.4 Å². The van der Waals surface area contributed by atoms with Gasteiger partial charge in [0.05, 0.1) is 6.54 Å². The predicted octanol–water partition coefficient (Wildman–Crippen LogP) is 1.30. The Labute approximate surface area is 103 Å². The Morgan fingerprint density at radius 1 is 1.24 bits per heavy atom. The van der Waals surface area contributed by atoms with Gasteiger partial charge in [0.15, 0.2) is 0 Å². The van der Waals surface area contributed by atoms with Gasteiger partial charge in [0.25, 0.3) is 0 Å². The van der Waals surface area contributed by atoms with Gasteiger partial charge in [0.1, 0.15) is 5.54 Å². The molecule has 0 bridgehead atoms. The minimum absolute atomic E-state index is 0.0671. The minimum Gasteiger partial charge on any atom is -0.345 e. The molecule has 1 aliphatic heterocycles. The second-order valence-corrected chi connectivity index (χ2v) is 5.67. The smallest absolute Gasteiger partial charge is 0.246 e. The first-order valence-electron chi connectivity index (χ1n) is 6.65. The lowest BCUT2D eigenvalue weighted by molar-refractivity contribution is -0.157. The molecule has 0 unspecified atom stereocenters. The molecule has 1 heterocycles. The molecule has 1 aliphatic carbocycles. The van der Waals surface area contributed by atoms with E-state index in [1.54, 1.807) is 0 Å². The van der Waals surface area contributed by atoms with Gasteiger partial charge in [0.2, 0.25) is 11.8 Å². The summed E-state index contributed by atoms with van der Waals surface area (Å²) >= 11 is 0. The Morgan fingerprint density at radius 2 is 1.88 bits per heavy atom. The van der Waals surface area contributed by atoms with Gasteiger partial charge in [-0.25, -0.2) is 0 Å². The van der Waals surface area contributed by atoms with Crippen molar-refractivity contribution < 1.29 is 9.59 Å². The van der Waals surface area contributed by atoms with Crippen LogP contribution in [-0.4, -0.2) is 35.3 Å². The number of nitrogens with one attached hydrogen (secondary N) is 1. The normalized spacial score (nSPS) is 24.3. The van der Waals surface area contributed by atoms with Gasteiger partial charge in [-0.2, -0.15) is 0 Å². The fraction of sp³-hybridized carbons (Fsp3) is 0.846. The average molecular weight is 238 g/mol. The maximum absolute atomic E-state index is 12.2. The summed E-state index contributed by atoms with van der Waals surface area (Å²) in [7, 11) is 0. The molecule has 0 aromatic rings. The molecule has 0 aromatic heterocycles. The zero-order chi connectivity index (χ0) is 12.5. The minimum atomic E-state index is -0.530. The molecule has 1 saturated carbocycles. The molecule has 4 nitrogen and oxygen atoms in total. The van der Waals surface area contributed by atoms with Crippen molar-refractivity contribution in [1.82, 2.24) is 10.2 Å². The zero-order valence-electron chi connectivity index (χ0n) is 10.8. The van der Waals surface area contributed by atoms with Crippen molar-refractivity contribution in [3.8, 4) is 0 Å². The number of hydrogen-bond acceptors (Lipinski definition) is 2. The Morgan fingerprint density at radius 3 is 2.47 bits per heavy atom. The molecular formula is C13H22N2O2. The highest BCUT2D eigenvalue weighted by Gasteiger charge is 2.49. The Kier molecular flexibility index (Phi) is 3.40. The van der Waals surface area contributed by atoms with Crippen LogP contribution in [0.15, 0.2) is 0 Å². The van der Waals surface area contributed by atoms with E-state index >= 15 is 0 Å². The largest absolute Gasteiger partial charge is 0.345 e. The summed E-state index contributed by atoms with van der Waals surface area (Å²) < 4.78 is 0. The maximum Gasteiger partial charge on any atom is 0.246 e. The van der Waals surface area contributed by atoms with Crippen molar-refractivity contribution in [2.24, 2.45) is 5.92 Å². The van der Waals surface area contributed by atoms with Crippen LogP contribution in [0.4, 0.5) is 0 Å². The summed E-state index contributed by atoms with van der Waals surface area (Å²) in [5.74, 6) is 0.557. The van der Waals surface area contributed by atoms with Gasteiger partial charge in [-0.3, -0.25) is 9.59 Å². The SMILES string of the molecule is CC(C)CN1C(=O)CNC(=O)C12CCCCC2. The molecule has 2 fully saturated rings. The summed E-state index contributed by atoms with van der Waals surface area (Å²) in [6.07, 6.45) is 4.94. The number of carbonyl (C=O) groups excluding carboxylic acids is 2. The summed E-state index contributed by atoms with van der Waals surface area (Å²) in [5.41, 5.74) is -0.530. The monoisotopic (exact) mass is 238 g/mol. The van der Waals surface area contributed by atoms with Gasteiger partial charge in [-0.1, -0.05) is 33.1 Å². The second kappa shape index (κ2) is 4.67. The molecule has 4 heteroatoms. The zero-order valence-corrected chi connectivity index (χ0v) is 10.8. The van der Waals surface area contributed by atoms with E-state index < -0.39 is 5.54 Å². The highest BCUT2D eigenvalue weighted by Crippen LogP contribution is 2.36. The third-order valence-corrected chi connectivity index (χ3v) is 3.87. The number of piperazine rings is 1. The van der Waals surface area contributed by atoms with E-state index in [1.165, 1.54) is 6.42 Å². The standard InChI is InChI=1S/C13H22N2O2/c1-10(2)9-15-11(16)8-14-12(17)13(15)6-4-3-5-7-13/h10H,3-9H2,1-2H3,(H,14,17). The number of hydrogen-bond donors (Lipinski definition) is 1. The Hall–Kier alpha value is -1.06. The number of nitrogens with zero attached hydrogens (tertiary/aromatic N) is 1. The van der Waals surface area contributed by atoms with Crippen molar-refractivity contribution in [3.63, 3.8) is 0 Å². The first-order valence-corrected chi connectivity index (χ1v) is 6.65. The van der Waals surface area contributed by atoms with Crippen LogP contribution in [0.3, 0.4) is 0 Å². The molecule has 0 radical (unpaired) electrons. The molecule has 1 saturated heterocycles.